The Morgan fingerprint density at radius 1 is 1.22 bits per heavy atom. The molecule has 1 N–H and O–H groups in total. The van der Waals surface area contributed by atoms with E-state index in [1.807, 2.05) is 19.1 Å². The standard InChI is InChI=1S/C23H25F2N3O4/c1-4-16-12-21(30)28(13-15-5-8-18(9-6-15)26-14(2)29)27-22(16)17-7-10-19(32-23(24)25)20(11-17)31-3/h5-11,16,23H,4,12-13H2,1-3H3,(H,26,29). The second-order valence-electron chi connectivity index (χ2n) is 7.37. The molecule has 7 nitrogen and oxygen atoms in total. The minimum absolute atomic E-state index is 0.0668. The zero-order valence-corrected chi connectivity index (χ0v) is 18.1. The van der Waals surface area contributed by atoms with Crippen LogP contribution < -0.4 is 14.8 Å². The Kier molecular flexibility index (Phi) is 7.40. The first-order valence-corrected chi connectivity index (χ1v) is 10.2. The van der Waals surface area contributed by atoms with Gasteiger partial charge in [-0.1, -0.05) is 19.1 Å². The lowest BCUT2D eigenvalue weighted by atomic mass is 9.89. The maximum atomic E-state index is 12.7. The molecule has 0 radical (unpaired) electrons. The summed E-state index contributed by atoms with van der Waals surface area (Å²) in [5, 5.41) is 8.71. The van der Waals surface area contributed by atoms with Crippen LogP contribution in [0, 0.1) is 5.92 Å². The molecule has 3 rings (SSSR count). The fourth-order valence-electron chi connectivity index (χ4n) is 3.52. The third-order valence-corrected chi connectivity index (χ3v) is 5.10. The van der Waals surface area contributed by atoms with E-state index >= 15 is 0 Å². The third-order valence-electron chi connectivity index (χ3n) is 5.10. The molecule has 9 heteroatoms. The van der Waals surface area contributed by atoms with E-state index in [0.717, 1.165) is 5.56 Å². The van der Waals surface area contributed by atoms with E-state index in [9.17, 15) is 18.4 Å². The number of hydrogen-bond acceptors (Lipinski definition) is 5. The minimum atomic E-state index is -2.96. The molecule has 170 valence electrons. The van der Waals surface area contributed by atoms with Crippen molar-refractivity contribution in [2.45, 2.75) is 39.8 Å². The first kappa shape index (κ1) is 23.2. The highest BCUT2D eigenvalue weighted by Gasteiger charge is 2.30. The predicted octanol–water partition coefficient (Wildman–Crippen LogP) is 4.42. The largest absolute Gasteiger partial charge is 0.493 e. The molecule has 1 atom stereocenters. The van der Waals surface area contributed by atoms with E-state index in [4.69, 9.17) is 4.74 Å². The van der Waals surface area contributed by atoms with Crippen molar-refractivity contribution in [3.8, 4) is 11.5 Å². The van der Waals surface area contributed by atoms with Crippen LogP contribution in [0.3, 0.4) is 0 Å². The molecular formula is C23H25F2N3O4. The summed E-state index contributed by atoms with van der Waals surface area (Å²) in [5.74, 6) is -0.270. The third kappa shape index (κ3) is 5.60. The number of carbonyl (C=O) groups excluding carboxylic acids is 2. The van der Waals surface area contributed by atoms with Gasteiger partial charge in [-0.05, 0) is 42.3 Å². The van der Waals surface area contributed by atoms with Gasteiger partial charge in [-0.15, -0.1) is 0 Å². The van der Waals surface area contributed by atoms with Crippen molar-refractivity contribution in [1.29, 1.82) is 0 Å². The second kappa shape index (κ2) is 10.2. The number of hydrazone groups is 1. The summed E-state index contributed by atoms with van der Waals surface area (Å²) < 4.78 is 35.0. The van der Waals surface area contributed by atoms with Gasteiger partial charge in [-0.2, -0.15) is 13.9 Å². The van der Waals surface area contributed by atoms with E-state index in [0.29, 0.717) is 23.4 Å². The number of nitrogens with zero attached hydrogens (tertiary/aromatic N) is 2. The summed E-state index contributed by atoms with van der Waals surface area (Å²) in [6, 6.07) is 11.8. The van der Waals surface area contributed by atoms with Crippen LogP contribution in [-0.2, 0) is 16.1 Å². The van der Waals surface area contributed by atoms with Gasteiger partial charge in [0.1, 0.15) is 0 Å². The molecule has 2 amide bonds. The van der Waals surface area contributed by atoms with Gasteiger partial charge < -0.3 is 14.8 Å². The molecule has 32 heavy (non-hydrogen) atoms. The number of carbonyl (C=O) groups is 2. The summed E-state index contributed by atoms with van der Waals surface area (Å²) in [6.07, 6.45) is 0.984. The quantitative estimate of drug-likeness (QED) is 0.652. The van der Waals surface area contributed by atoms with Crippen molar-refractivity contribution < 1.29 is 27.8 Å². The number of amides is 2. The molecule has 0 bridgehead atoms. The molecule has 0 fully saturated rings. The second-order valence-corrected chi connectivity index (χ2v) is 7.37. The Morgan fingerprint density at radius 2 is 1.94 bits per heavy atom. The van der Waals surface area contributed by atoms with Crippen molar-refractivity contribution in [2.24, 2.45) is 11.0 Å². The summed E-state index contributed by atoms with van der Waals surface area (Å²) >= 11 is 0. The molecule has 0 saturated heterocycles. The average Bonchev–Trinajstić information content (AvgIpc) is 2.75. The van der Waals surface area contributed by atoms with E-state index in [1.165, 1.54) is 25.1 Å². The van der Waals surface area contributed by atoms with Crippen LogP contribution in [0.5, 0.6) is 11.5 Å². The van der Waals surface area contributed by atoms with E-state index < -0.39 is 6.61 Å². The van der Waals surface area contributed by atoms with Crippen molar-refractivity contribution in [2.75, 3.05) is 12.4 Å². The monoisotopic (exact) mass is 445 g/mol. The molecule has 0 aromatic heterocycles. The van der Waals surface area contributed by atoms with Gasteiger partial charge in [0, 0.05) is 30.5 Å². The molecule has 2 aromatic rings. The Labute approximate surface area is 185 Å². The number of ether oxygens (including phenoxy) is 2. The Hall–Kier alpha value is -3.49. The summed E-state index contributed by atoms with van der Waals surface area (Å²) in [6.45, 7) is 0.704. The highest BCUT2D eigenvalue weighted by atomic mass is 19.3. The number of methoxy groups -OCH3 is 1. The lowest BCUT2D eigenvalue weighted by Crippen LogP contribution is -2.36. The van der Waals surface area contributed by atoms with Crippen LogP contribution in [0.2, 0.25) is 0 Å². The molecular weight excluding hydrogens is 420 g/mol. The van der Waals surface area contributed by atoms with Crippen LogP contribution in [0.25, 0.3) is 0 Å². The predicted molar refractivity (Wildman–Crippen MR) is 116 cm³/mol. The van der Waals surface area contributed by atoms with Crippen LogP contribution in [-0.4, -0.2) is 36.3 Å². The fraction of sp³-hybridized carbons (Fsp3) is 0.348. The van der Waals surface area contributed by atoms with Gasteiger partial charge in [-0.25, -0.2) is 5.01 Å². The van der Waals surface area contributed by atoms with Gasteiger partial charge in [0.2, 0.25) is 11.8 Å². The number of hydrogen-bond donors (Lipinski definition) is 1. The van der Waals surface area contributed by atoms with Crippen molar-refractivity contribution >= 4 is 23.2 Å². The topological polar surface area (TPSA) is 80.2 Å². The van der Waals surface area contributed by atoms with Crippen LogP contribution in [0.1, 0.15) is 37.8 Å². The van der Waals surface area contributed by atoms with Crippen LogP contribution >= 0.6 is 0 Å². The van der Waals surface area contributed by atoms with Crippen molar-refractivity contribution in [3.05, 3.63) is 53.6 Å². The highest BCUT2D eigenvalue weighted by molar-refractivity contribution is 6.06. The summed E-state index contributed by atoms with van der Waals surface area (Å²) in [5.41, 5.74) is 2.88. The van der Waals surface area contributed by atoms with Crippen LogP contribution in [0.4, 0.5) is 14.5 Å². The number of benzene rings is 2. The van der Waals surface area contributed by atoms with Gasteiger partial charge in [0.05, 0.1) is 19.4 Å². The summed E-state index contributed by atoms with van der Waals surface area (Å²) in [4.78, 5) is 23.9. The minimum Gasteiger partial charge on any atom is -0.493 e. The molecule has 1 unspecified atom stereocenters. The summed E-state index contributed by atoms with van der Waals surface area (Å²) in [7, 11) is 1.37. The SMILES string of the molecule is CCC1CC(=O)N(Cc2ccc(NC(C)=O)cc2)N=C1c1ccc(OC(F)F)c(OC)c1. The van der Waals surface area contributed by atoms with Crippen molar-refractivity contribution in [3.63, 3.8) is 0 Å². The fourth-order valence-corrected chi connectivity index (χ4v) is 3.52. The lowest BCUT2D eigenvalue weighted by Gasteiger charge is -2.29. The van der Waals surface area contributed by atoms with Crippen molar-refractivity contribution in [1.82, 2.24) is 5.01 Å². The molecule has 0 saturated carbocycles. The number of nitrogens with one attached hydrogen (secondary N) is 1. The number of anilines is 1. The Bertz CT molecular complexity index is 1010. The van der Waals surface area contributed by atoms with Gasteiger partial charge >= 0.3 is 6.61 Å². The van der Waals surface area contributed by atoms with Gasteiger partial charge in [-0.3, -0.25) is 9.59 Å². The molecule has 1 aliphatic rings. The van der Waals surface area contributed by atoms with E-state index in [-0.39, 0.29) is 42.2 Å². The van der Waals surface area contributed by atoms with E-state index in [2.05, 4.69) is 15.2 Å². The number of alkyl halides is 2. The molecule has 1 aliphatic heterocycles. The molecule has 1 heterocycles. The first-order chi connectivity index (χ1) is 15.3. The number of rotatable bonds is 8. The molecule has 2 aromatic carbocycles. The molecule has 0 spiro atoms. The number of halogens is 2. The van der Waals surface area contributed by atoms with Crippen LogP contribution in [0.15, 0.2) is 47.6 Å². The maximum Gasteiger partial charge on any atom is 0.387 e. The smallest absolute Gasteiger partial charge is 0.387 e. The molecule has 0 aliphatic carbocycles. The zero-order chi connectivity index (χ0) is 23.3. The Balaban J connectivity index is 1.88. The lowest BCUT2D eigenvalue weighted by molar-refractivity contribution is -0.133. The zero-order valence-electron chi connectivity index (χ0n) is 18.1. The maximum absolute atomic E-state index is 12.7. The Morgan fingerprint density at radius 3 is 2.53 bits per heavy atom. The first-order valence-electron chi connectivity index (χ1n) is 10.2. The average molecular weight is 445 g/mol. The van der Waals surface area contributed by atoms with Gasteiger partial charge in [0.15, 0.2) is 11.5 Å². The van der Waals surface area contributed by atoms with E-state index in [1.54, 1.807) is 24.3 Å². The normalized spacial score (nSPS) is 16.1. The van der Waals surface area contributed by atoms with Gasteiger partial charge in [0.25, 0.3) is 0 Å². The highest BCUT2D eigenvalue weighted by Crippen LogP contribution is 2.32.